The molecule has 0 aromatic rings. The number of Topliss-reactive ketones (excluding diaryl/α,β-unsaturated/α-hetero) is 2. The van der Waals surface area contributed by atoms with Crippen LogP contribution in [0.4, 0.5) is 0 Å². The quantitative estimate of drug-likeness (QED) is 0.194. The van der Waals surface area contributed by atoms with Crippen molar-refractivity contribution in [3.8, 4) is 0 Å². The van der Waals surface area contributed by atoms with Crippen LogP contribution in [0.3, 0.4) is 0 Å². The van der Waals surface area contributed by atoms with Gasteiger partial charge in [0.05, 0.1) is 7.11 Å². The molecule has 0 spiro atoms. The van der Waals surface area contributed by atoms with Crippen LogP contribution in [-0.4, -0.2) is 37.8 Å². The zero-order valence-electron chi connectivity index (χ0n) is 20.0. The van der Waals surface area contributed by atoms with E-state index < -0.39 is 0 Å². The molecule has 174 valence electrons. The molecule has 0 aromatic carbocycles. The number of hydrogen-bond donors (Lipinski definition) is 1. The summed E-state index contributed by atoms with van der Waals surface area (Å²) in [5, 5.41) is 6.97. The third-order valence-electron chi connectivity index (χ3n) is 2.84. The van der Waals surface area contributed by atoms with Crippen molar-refractivity contribution in [2.75, 3.05) is 20.3 Å². The van der Waals surface area contributed by atoms with Crippen molar-refractivity contribution >= 4 is 17.5 Å². The largest absolute Gasteiger partial charge is 0.484 e. The van der Waals surface area contributed by atoms with Gasteiger partial charge in [0, 0.05) is 89.8 Å². The second-order valence-corrected chi connectivity index (χ2v) is 6.88. The van der Waals surface area contributed by atoms with E-state index in [2.05, 4.69) is 18.6 Å². The Morgan fingerprint density at radius 2 is 1.34 bits per heavy atom. The normalized spacial score (nSPS) is 8.52. The molecule has 2 radical (unpaired) electrons. The van der Waals surface area contributed by atoms with Gasteiger partial charge in [0.25, 0.3) is 0 Å². The van der Waals surface area contributed by atoms with Crippen molar-refractivity contribution in [2.24, 2.45) is 17.3 Å². The third-order valence-corrected chi connectivity index (χ3v) is 2.84. The van der Waals surface area contributed by atoms with Crippen molar-refractivity contribution in [1.82, 2.24) is 0 Å². The van der Waals surface area contributed by atoms with Crippen molar-refractivity contribution in [3.63, 3.8) is 0 Å². The fourth-order valence-electron chi connectivity index (χ4n) is 0.878. The predicted octanol–water partition coefficient (Wildman–Crippen LogP) is 5.69. The standard InChI is InChI=1S/C9H17O2.C5H11NO.C5H9O.CH4.2CH3.2Y/c1-5-11-7-6-8(10)9(2,3)4;1-4(2)5(6)7-3;1-4(2)5(3)6;;;;;/h1,5-7H2,2-4H3;4,6H,1-3H3;4H,3H2,1-2H3;1H4;2*1H3;;/q-1;;-1;;2*-1;;. The Kier molecular flexibility index (Phi) is 55.7. The fraction of sp³-hybridized carbons (Fsp3) is 0.682. The second kappa shape index (κ2) is 31.0. The van der Waals surface area contributed by atoms with Gasteiger partial charge in [-0.3, -0.25) is 10.2 Å². The van der Waals surface area contributed by atoms with E-state index in [9.17, 15) is 9.59 Å². The smallest absolute Gasteiger partial charge is 0.182 e. The molecule has 0 bridgehead atoms. The van der Waals surface area contributed by atoms with Crippen LogP contribution in [0.2, 0.25) is 0 Å². The molecule has 0 saturated carbocycles. The van der Waals surface area contributed by atoms with Crippen molar-refractivity contribution < 1.29 is 84.5 Å². The molecular formula is C22H47NO4Y2-4. The van der Waals surface area contributed by atoms with Gasteiger partial charge in [0.1, 0.15) is 5.78 Å². The molecule has 0 aliphatic carbocycles. The van der Waals surface area contributed by atoms with Crippen molar-refractivity contribution in [3.05, 3.63) is 28.7 Å². The Morgan fingerprint density at radius 1 is 1.00 bits per heavy atom. The van der Waals surface area contributed by atoms with Gasteiger partial charge in [-0.15, -0.1) is 0 Å². The first kappa shape index (κ1) is 52.0. The number of ketones is 2. The van der Waals surface area contributed by atoms with E-state index in [-0.39, 0.29) is 117 Å². The Hall–Kier alpha value is 0.848. The van der Waals surface area contributed by atoms with E-state index in [4.69, 9.17) is 10.1 Å². The van der Waals surface area contributed by atoms with Crippen molar-refractivity contribution in [1.29, 1.82) is 5.41 Å². The Morgan fingerprint density at radius 3 is 1.48 bits per heavy atom. The SMILES string of the molecule is C.COC(=N)C(C)C.[CH2-]C(=O)C(C)C.[CH2-]COCCC(=O)C(C)(C)C.[CH3-].[CH3-].[Y].[Y]. The molecule has 0 heterocycles. The molecule has 5 nitrogen and oxygen atoms in total. The molecule has 0 aliphatic rings. The van der Waals surface area contributed by atoms with E-state index in [0.29, 0.717) is 25.5 Å². The van der Waals surface area contributed by atoms with E-state index in [1.807, 2.05) is 48.5 Å². The molecule has 0 unspecified atom stereocenters. The van der Waals surface area contributed by atoms with E-state index in [1.165, 1.54) is 7.11 Å². The Balaban J connectivity index is -0.0000000366. The van der Waals surface area contributed by atoms with Gasteiger partial charge in [-0.05, 0) is 11.7 Å². The molecule has 0 aliphatic heterocycles. The van der Waals surface area contributed by atoms with Crippen LogP contribution in [0.25, 0.3) is 0 Å². The predicted molar refractivity (Wildman–Crippen MR) is 120 cm³/mol. The number of carbonyl (C=O) groups is 2. The molecule has 0 aromatic heterocycles. The van der Waals surface area contributed by atoms with Crippen molar-refractivity contribution in [2.45, 2.75) is 62.3 Å². The monoisotopic (exact) mass is 567 g/mol. The van der Waals surface area contributed by atoms with Gasteiger partial charge in [-0.2, -0.15) is 0 Å². The summed E-state index contributed by atoms with van der Waals surface area (Å²) in [7, 11) is 1.52. The van der Waals surface area contributed by atoms with Crippen LogP contribution in [0.1, 0.15) is 62.3 Å². The van der Waals surface area contributed by atoms with Gasteiger partial charge in [-0.25, -0.2) is 0 Å². The van der Waals surface area contributed by atoms with Gasteiger partial charge in [-0.1, -0.05) is 62.5 Å². The Bertz CT molecular complexity index is 366. The maximum atomic E-state index is 11.2. The molecular weight excluding hydrogens is 520 g/mol. The van der Waals surface area contributed by atoms with Crippen LogP contribution >= 0.6 is 0 Å². The number of rotatable bonds is 6. The summed E-state index contributed by atoms with van der Waals surface area (Å²) in [5.74, 6) is 0.927. The number of carbonyl (C=O) groups excluding carboxylic acids is 2. The topological polar surface area (TPSA) is 76.4 Å². The first-order valence-electron chi connectivity index (χ1n) is 8.19. The van der Waals surface area contributed by atoms with Crippen LogP contribution < -0.4 is 0 Å². The number of ether oxygens (including phenoxy) is 2. The van der Waals surface area contributed by atoms with Crippen LogP contribution in [-0.2, 0) is 84.5 Å². The van der Waals surface area contributed by atoms with Gasteiger partial charge in [0.2, 0.25) is 0 Å². The summed E-state index contributed by atoms with van der Waals surface area (Å²) in [4.78, 5) is 21.3. The second-order valence-electron chi connectivity index (χ2n) is 6.88. The molecule has 0 fully saturated rings. The van der Waals surface area contributed by atoms with Gasteiger partial charge in [0.15, 0.2) is 5.90 Å². The molecule has 7 heteroatoms. The summed E-state index contributed by atoms with van der Waals surface area (Å²) >= 11 is 0. The minimum Gasteiger partial charge on any atom is -0.484 e. The fourth-order valence-corrected chi connectivity index (χ4v) is 0.878. The summed E-state index contributed by atoms with van der Waals surface area (Å²) in [6.07, 6.45) is 0.499. The summed E-state index contributed by atoms with van der Waals surface area (Å²) < 4.78 is 9.56. The maximum absolute atomic E-state index is 11.2. The molecule has 0 amide bonds. The first-order valence-corrected chi connectivity index (χ1v) is 8.19. The van der Waals surface area contributed by atoms with Crippen LogP contribution in [0, 0.1) is 51.4 Å². The van der Waals surface area contributed by atoms with E-state index in [1.54, 1.807) is 0 Å². The Labute approximate surface area is 233 Å². The van der Waals surface area contributed by atoms with Gasteiger partial charge >= 0.3 is 0 Å². The molecule has 0 atom stereocenters. The van der Waals surface area contributed by atoms with Gasteiger partial charge < -0.3 is 43.0 Å². The minimum atomic E-state index is -0.232. The molecule has 1 N–H and O–H groups in total. The molecule has 0 saturated heterocycles. The third kappa shape index (κ3) is 43.6. The number of methoxy groups -OCH3 is 1. The zero-order valence-corrected chi connectivity index (χ0v) is 25.7. The molecule has 0 rings (SSSR count). The molecule has 29 heavy (non-hydrogen) atoms. The summed E-state index contributed by atoms with van der Waals surface area (Å²) in [6, 6.07) is 0. The summed E-state index contributed by atoms with van der Waals surface area (Å²) in [6.45, 7) is 20.9. The first-order chi connectivity index (χ1) is 10.8. The minimum absolute atomic E-state index is 0. The van der Waals surface area contributed by atoms with Crippen LogP contribution in [0.5, 0.6) is 0 Å². The van der Waals surface area contributed by atoms with Crippen LogP contribution in [0.15, 0.2) is 0 Å². The number of hydrogen-bond acceptors (Lipinski definition) is 5. The summed E-state index contributed by atoms with van der Waals surface area (Å²) in [5.41, 5.74) is -0.232. The maximum Gasteiger partial charge on any atom is 0.182 e. The average molecular weight is 567 g/mol. The van der Waals surface area contributed by atoms with E-state index >= 15 is 0 Å². The van der Waals surface area contributed by atoms with E-state index in [0.717, 1.165) is 0 Å². The number of nitrogens with one attached hydrogen (secondary N) is 1. The average Bonchev–Trinajstić information content (AvgIpc) is 2.46. The zero-order chi connectivity index (χ0) is 19.9.